The highest BCUT2D eigenvalue weighted by molar-refractivity contribution is 9.09. The zero-order chi connectivity index (χ0) is 17.7. The zero-order valence-corrected chi connectivity index (χ0v) is 15.1. The van der Waals surface area contributed by atoms with Crippen molar-refractivity contribution in [2.75, 3.05) is 16.3 Å². The Balaban J connectivity index is 2.37. The Morgan fingerprint density at radius 3 is 2.33 bits per heavy atom. The molecular weight excluding hydrogens is 398 g/mol. The zero-order valence-electron chi connectivity index (χ0n) is 12.7. The molecule has 0 bridgehead atoms. The van der Waals surface area contributed by atoms with Crippen LogP contribution >= 0.6 is 15.9 Å². The van der Waals surface area contributed by atoms with Gasteiger partial charge in [-0.25, -0.2) is 13.2 Å². The molecule has 0 aromatic heterocycles. The van der Waals surface area contributed by atoms with Crippen molar-refractivity contribution >= 4 is 43.4 Å². The number of nitrogens with one attached hydrogen (secondary N) is 1. The highest BCUT2D eigenvalue weighted by Gasteiger charge is 2.16. The van der Waals surface area contributed by atoms with E-state index in [1.807, 2.05) is 0 Å². The van der Waals surface area contributed by atoms with Gasteiger partial charge in [-0.05, 0) is 30.3 Å². The van der Waals surface area contributed by atoms with E-state index in [1.165, 1.54) is 18.2 Å². The molecule has 0 fully saturated rings. The number of carbonyl (C=O) groups is 2. The summed E-state index contributed by atoms with van der Waals surface area (Å²) in [5.74, 6) is -0.848. The molecule has 2 rings (SSSR count). The molecule has 0 radical (unpaired) electrons. The molecule has 2 aromatic rings. The first-order chi connectivity index (χ1) is 11.3. The Morgan fingerprint density at radius 1 is 1.08 bits per heavy atom. The molecule has 8 heteroatoms. The Hall–Kier alpha value is -2.19. The molecule has 0 aliphatic carbocycles. The van der Waals surface area contributed by atoms with Gasteiger partial charge in [-0.15, -0.1) is 0 Å². The number of benzene rings is 2. The molecule has 0 unspecified atom stereocenters. The van der Waals surface area contributed by atoms with Gasteiger partial charge in [0.25, 0.3) is 0 Å². The lowest BCUT2D eigenvalue weighted by Gasteiger charge is -2.12. The second-order valence-electron chi connectivity index (χ2n) is 4.90. The molecule has 0 aliphatic heterocycles. The average Bonchev–Trinajstić information content (AvgIpc) is 2.55. The number of hydrogen-bond donors (Lipinski definition) is 1. The van der Waals surface area contributed by atoms with Gasteiger partial charge in [0.05, 0.1) is 22.8 Å². The van der Waals surface area contributed by atoms with Gasteiger partial charge in [0, 0.05) is 5.56 Å². The molecule has 24 heavy (non-hydrogen) atoms. The van der Waals surface area contributed by atoms with Gasteiger partial charge < -0.3 is 4.74 Å². The van der Waals surface area contributed by atoms with E-state index in [0.717, 1.165) is 6.26 Å². The summed E-state index contributed by atoms with van der Waals surface area (Å²) < 4.78 is 30.5. The predicted octanol–water partition coefficient (Wildman–Crippen LogP) is 2.85. The van der Waals surface area contributed by atoms with Crippen molar-refractivity contribution in [1.29, 1.82) is 0 Å². The minimum atomic E-state index is -3.61. The Labute approximate surface area is 148 Å². The van der Waals surface area contributed by atoms with Crippen LogP contribution < -0.4 is 9.46 Å². The van der Waals surface area contributed by atoms with Crippen molar-refractivity contribution in [1.82, 2.24) is 0 Å². The molecule has 0 atom stereocenters. The summed E-state index contributed by atoms with van der Waals surface area (Å²) in [6.45, 7) is 0. The van der Waals surface area contributed by atoms with Crippen LogP contribution in [0, 0.1) is 0 Å². The van der Waals surface area contributed by atoms with Crippen molar-refractivity contribution in [2.45, 2.75) is 0 Å². The van der Waals surface area contributed by atoms with Crippen LogP contribution in [-0.4, -0.2) is 31.8 Å². The maximum absolute atomic E-state index is 12.1. The number of anilines is 1. The quantitative estimate of drug-likeness (QED) is 0.341. The number of Topliss-reactive ketones (excluding diaryl/α,β-unsaturated/α-hetero) is 1. The van der Waals surface area contributed by atoms with Crippen LogP contribution in [0.3, 0.4) is 0 Å². The van der Waals surface area contributed by atoms with Crippen molar-refractivity contribution in [3.05, 3.63) is 59.7 Å². The lowest BCUT2D eigenvalue weighted by Crippen LogP contribution is -2.14. The SMILES string of the molecule is CS(=O)(=O)Nc1cc(C(=O)CBr)ccc1OC(=O)c1ccccc1. The van der Waals surface area contributed by atoms with E-state index < -0.39 is 16.0 Å². The molecule has 0 spiro atoms. The first-order valence-electron chi connectivity index (χ1n) is 6.78. The summed E-state index contributed by atoms with van der Waals surface area (Å²) in [6.07, 6.45) is 0.967. The minimum Gasteiger partial charge on any atom is -0.421 e. The van der Waals surface area contributed by atoms with Crippen molar-refractivity contribution in [2.24, 2.45) is 0 Å². The topological polar surface area (TPSA) is 89.5 Å². The number of ketones is 1. The number of carbonyl (C=O) groups excluding carboxylic acids is 2. The second-order valence-corrected chi connectivity index (χ2v) is 7.21. The fraction of sp³-hybridized carbons (Fsp3) is 0.125. The lowest BCUT2D eigenvalue weighted by atomic mass is 10.1. The van der Waals surface area contributed by atoms with Crippen LogP contribution in [0.15, 0.2) is 48.5 Å². The van der Waals surface area contributed by atoms with Crippen LogP contribution in [-0.2, 0) is 10.0 Å². The number of sulfonamides is 1. The lowest BCUT2D eigenvalue weighted by molar-refractivity contribution is 0.0735. The van der Waals surface area contributed by atoms with E-state index in [-0.39, 0.29) is 28.1 Å². The fourth-order valence-corrected chi connectivity index (χ4v) is 2.76. The van der Waals surface area contributed by atoms with E-state index in [9.17, 15) is 18.0 Å². The summed E-state index contributed by atoms with van der Waals surface area (Å²) in [5, 5.41) is 0.0917. The number of hydrogen-bond acceptors (Lipinski definition) is 5. The molecule has 0 saturated heterocycles. The van der Waals surface area contributed by atoms with E-state index in [4.69, 9.17) is 4.74 Å². The highest BCUT2D eigenvalue weighted by atomic mass is 79.9. The van der Waals surface area contributed by atoms with E-state index in [2.05, 4.69) is 20.7 Å². The first-order valence-corrected chi connectivity index (χ1v) is 9.79. The third-order valence-corrected chi connectivity index (χ3v) is 4.03. The van der Waals surface area contributed by atoms with Crippen LogP contribution in [0.5, 0.6) is 5.75 Å². The first kappa shape index (κ1) is 18.2. The fourth-order valence-electron chi connectivity index (χ4n) is 1.88. The summed E-state index contributed by atoms with van der Waals surface area (Å²) in [4.78, 5) is 23.9. The van der Waals surface area contributed by atoms with Crippen LogP contribution in [0.25, 0.3) is 0 Å². The van der Waals surface area contributed by atoms with Crippen molar-refractivity contribution < 1.29 is 22.7 Å². The van der Waals surface area contributed by atoms with Crippen LogP contribution in [0.2, 0.25) is 0 Å². The number of rotatable bonds is 6. The summed E-state index contributed by atoms with van der Waals surface area (Å²) in [5.41, 5.74) is 0.634. The molecule has 0 amide bonds. The molecule has 6 nitrogen and oxygen atoms in total. The molecule has 0 aliphatic rings. The van der Waals surface area contributed by atoms with Gasteiger partial charge in [0.1, 0.15) is 0 Å². The molecule has 126 valence electrons. The second kappa shape index (κ2) is 7.59. The highest BCUT2D eigenvalue weighted by Crippen LogP contribution is 2.28. The minimum absolute atomic E-state index is 0.0143. The number of alkyl halides is 1. The molecule has 1 N–H and O–H groups in total. The van der Waals surface area contributed by atoms with Crippen LogP contribution in [0.1, 0.15) is 20.7 Å². The summed E-state index contributed by atoms with van der Waals surface area (Å²) in [7, 11) is -3.61. The molecular formula is C16H14BrNO5S. The average molecular weight is 412 g/mol. The monoisotopic (exact) mass is 411 g/mol. The van der Waals surface area contributed by atoms with Gasteiger partial charge in [0.2, 0.25) is 10.0 Å². The Kier molecular flexibility index (Phi) is 5.74. The predicted molar refractivity (Wildman–Crippen MR) is 94.4 cm³/mol. The van der Waals surface area contributed by atoms with E-state index in [1.54, 1.807) is 30.3 Å². The van der Waals surface area contributed by atoms with Crippen molar-refractivity contribution in [3.8, 4) is 5.75 Å². The van der Waals surface area contributed by atoms with Gasteiger partial charge in [-0.1, -0.05) is 34.1 Å². The largest absolute Gasteiger partial charge is 0.421 e. The standard InChI is InChI=1S/C16H14BrNO5S/c1-24(21,22)18-13-9-12(14(19)10-17)7-8-15(13)23-16(20)11-5-3-2-4-6-11/h2-9,18H,10H2,1H3. The van der Waals surface area contributed by atoms with Gasteiger partial charge in [0.15, 0.2) is 11.5 Å². The van der Waals surface area contributed by atoms with Crippen molar-refractivity contribution in [3.63, 3.8) is 0 Å². The summed E-state index contributed by atoms with van der Waals surface area (Å²) >= 11 is 3.05. The maximum Gasteiger partial charge on any atom is 0.343 e. The van der Waals surface area contributed by atoms with E-state index in [0.29, 0.717) is 5.56 Å². The van der Waals surface area contributed by atoms with Gasteiger partial charge in [-0.2, -0.15) is 0 Å². The van der Waals surface area contributed by atoms with Crippen LogP contribution in [0.4, 0.5) is 5.69 Å². The van der Waals surface area contributed by atoms with Gasteiger partial charge >= 0.3 is 5.97 Å². The number of halogens is 1. The molecule has 2 aromatic carbocycles. The summed E-state index contributed by atoms with van der Waals surface area (Å²) in [6, 6.07) is 12.5. The molecule has 0 heterocycles. The third-order valence-electron chi connectivity index (χ3n) is 2.93. The van der Waals surface area contributed by atoms with E-state index >= 15 is 0 Å². The Morgan fingerprint density at radius 2 is 1.75 bits per heavy atom. The smallest absolute Gasteiger partial charge is 0.343 e. The van der Waals surface area contributed by atoms with Gasteiger partial charge in [-0.3, -0.25) is 9.52 Å². The normalized spacial score (nSPS) is 10.9. The maximum atomic E-state index is 12.1. The number of ether oxygens (including phenoxy) is 1. The number of esters is 1. The molecule has 0 saturated carbocycles. The Bertz CT molecular complexity index is 865. The third kappa shape index (κ3) is 4.90.